The molecule has 86 valence electrons. The van der Waals surface area contributed by atoms with Gasteiger partial charge in [0.1, 0.15) is 0 Å². The van der Waals surface area contributed by atoms with Crippen molar-refractivity contribution in [1.82, 2.24) is 5.32 Å². The third-order valence-corrected chi connectivity index (χ3v) is 2.27. The highest BCUT2D eigenvalue weighted by Gasteiger charge is 2.00. The van der Waals surface area contributed by atoms with Gasteiger partial charge in [-0.3, -0.25) is 0 Å². The van der Waals surface area contributed by atoms with Crippen LogP contribution in [0, 0.1) is 5.92 Å². The van der Waals surface area contributed by atoms with Gasteiger partial charge in [0.15, 0.2) is 0 Å². The lowest BCUT2D eigenvalue weighted by Crippen LogP contribution is -2.31. The lowest BCUT2D eigenvalue weighted by atomic mass is 10.1. The molecule has 0 aliphatic carbocycles. The van der Waals surface area contributed by atoms with Gasteiger partial charge in [-0.15, -0.1) is 0 Å². The van der Waals surface area contributed by atoms with E-state index in [0.29, 0.717) is 6.04 Å². The average molecular weight is 201 g/mol. The van der Waals surface area contributed by atoms with Crippen LogP contribution < -0.4 is 5.32 Å². The first-order valence-electron chi connectivity index (χ1n) is 5.98. The number of hydrogen-bond donors (Lipinski definition) is 1. The Kier molecular flexibility index (Phi) is 9.42. The van der Waals surface area contributed by atoms with Gasteiger partial charge in [-0.2, -0.15) is 0 Å². The van der Waals surface area contributed by atoms with Gasteiger partial charge in [0.25, 0.3) is 0 Å². The van der Waals surface area contributed by atoms with Gasteiger partial charge in [-0.1, -0.05) is 26.7 Å². The van der Waals surface area contributed by atoms with Gasteiger partial charge in [0.2, 0.25) is 0 Å². The molecule has 0 saturated heterocycles. The minimum Gasteiger partial charge on any atom is -0.380 e. The minimum atomic E-state index is 0.494. The van der Waals surface area contributed by atoms with E-state index in [1.165, 1.54) is 19.3 Å². The average Bonchev–Trinajstić information content (AvgIpc) is 2.13. The Balaban J connectivity index is 3.10. The molecule has 0 aromatic carbocycles. The maximum Gasteiger partial charge on any atom is 0.0616 e. The minimum absolute atomic E-state index is 0.494. The molecule has 0 amide bonds. The third-order valence-electron chi connectivity index (χ3n) is 2.27. The number of rotatable bonds is 9. The smallest absolute Gasteiger partial charge is 0.0616 e. The van der Waals surface area contributed by atoms with Crippen LogP contribution in [0.4, 0.5) is 0 Å². The van der Waals surface area contributed by atoms with Gasteiger partial charge in [0, 0.05) is 12.6 Å². The first-order chi connectivity index (χ1) is 6.66. The molecule has 0 aromatic heterocycles. The first-order valence-corrected chi connectivity index (χ1v) is 5.98. The molecule has 0 radical (unpaired) electrons. The lowest BCUT2D eigenvalue weighted by molar-refractivity contribution is 0.127. The molecular weight excluding hydrogens is 174 g/mol. The van der Waals surface area contributed by atoms with E-state index in [2.05, 4.69) is 26.1 Å². The summed E-state index contributed by atoms with van der Waals surface area (Å²) >= 11 is 0. The summed E-state index contributed by atoms with van der Waals surface area (Å²) in [6, 6.07) is 0.494. The number of nitrogens with one attached hydrogen (secondary N) is 1. The Labute approximate surface area is 89.4 Å². The summed E-state index contributed by atoms with van der Waals surface area (Å²) in [5.74, 6) is 0.843. The Morgan fingerprint density at radius 2 is 1.86 bits per heavy atom. The van der Waals surface area contributed by atoms with E-state index in [-0.39, 0.29) is 0 Å². The van der Waals surface area contributed by atoms with Crippen molar-refractivity contribution in [3.05, 3.63) is 0 Å². The van der Waals surface area contributed by atoms with Crippen molar-refractivity contribution < 1.29 is 4.74 Å². The Morgan fingerprint density at radius 1 is 1.14 bits per heavy atom. The quantitative estimate of drug-likeness (QED) is 0.579. The maximum absolute atomic E-state index is 5.33. The van der Waals surface area contributed by atoms with Crippen LogP contribution in [-0.4, -0.2) is 25.8 Å². The number of hydrogen-bond acceptors (Lipinski definition) is 2. The summed E-state index contributed by atoms with van der Waals surface area (Å²) in [5.41, 5.74) is 0. The molecule has 0 bridgehead atoms. The molecular formula is C12H27NO. The van der Waals surface area contributed by atoms with Crippen LogP contribution in [0.3, 0.4) is 0 Å². The molecule has 0 spiro atoms. The van der Waals surface area contributed by atoms with Crippen molar-refractivity contribution in [1.29, 1.82) is 0 Å². The molecule has 0 heterocycles. The van der Waals surface area contributed by atoms with Crippen LogP contribution in [0.25, 0.3) is 0 Å². The van der Waals surface area contributed by atoms with Crippen LogP contribution in [0.2, 0.25) is 0 Å². The fourth-order valence-electron chi connectivity index (χ4n) is 1.38. The highest BCUT2D eigenvalue weighted by Crippen LogP contribution is 2.05. The monoisotopic (exact) mass is 201 g/mol. The van der Waals surface area contributed by atoms with Crippen molar-refractivity contribution in [2.24, 2.45) is 5.92 Å². The zero-order chi connectivity index (χ0) is 10.8. The molecule has 1 N–H and O–H groups in total. The second-order valence-corrected chi connectivity index (χ2v) is 4.40. The molecule has 1 unspecified atom stereocenters. The lowest BCUT2D eigenvalue weighted by Gasteiger charge is -2.13. The van der Waals surface area contributed by atoms with Gasteiger partial charge in [-0.25, -0.2) is 0 Å². The van der Waals surface area contributed by atoms with Crippen molar-refractivity contribution in [2.45, 2.75) is 53.0 Å². The molecule has 0 aliphatic rings. The SMILES string of the molecule is CCOCC(C)NCCCCC(C)C. The Morgan fingerprint density at radius 3 is 2.43 bits per heavy atom. The molecule has 1 atom stereocenters. The molecule has 0 aliphatic heterocycles. The van der Waals surface area contributed by atoms with E-state index >= 15 is 0 Å². The van der Waals surface area contributed by atoms with Gasteiger partial charge in [-0.05, 0) is 32.7 Å². The van der Waals surface area contributed by atoms with Crippen LogP contribution in [0.1, 0.15) is 47.0 Å². The highest BCUT2D eigenvalue weighted by molar-refractivity contribution is 4.59. The fourth-order valence-corrected chi connectivity index (χ4v) is 1.38. The van der Waals surface area contributed by atoms with Crippen molar-refractivity contribution >= 4 is 0 Å². The fraction of sp³-hybridized carbons (Fsp3) is 1.00. The van der Waals surface area contributed by atoms with Crippen LogP contribution in [0.15, 0.2) is 0 Å². The topological polar surface area (TPSA) is 21.3 Å². The highest BCUT2D eigenvalue weighted by atomic mass is 16.5. The second-order valence-electron chi connectivity index (χ2n) is 4.40. The summed E-state index contributed by atoms with van der Waals surface area (Å²) in [7, 11) is 0. The molecule has 14 heavy (non-hydrogen) atoms. The van der Waals surface area contributed by atoms with Crippen molar-refractivity contribution in [3.8, 4) is 0 Å². The van der Waals surface area contributed by atoms with Crippen LogP contribution >= 0.6 is 0 Å². The van der Waals surface area contributed by atoms with Crippen molar-refractivity contribution in [3.63, 3.8) is 0 Å². The van der Waals surface area contributed by atoms with E-state index in [4.69, 9.17) is 4.74 Å². The second kappa shape index (κ2) is 9.47. The van der Waals surface area contributed by atoms with E-state index < -0.39 is 0 Å². The Hall–Kier alpha value is -0.0800. The third kappa shape index (κ3) is 10.0. The molecule has 2 heteroatoms. The first kappa shape index (κ1) is 13.9. The predicted molar refractivity (Wildman–Crippen MR) is 62.6 cm³/mol. The molecule has 0 fully saturated rings. The summed E-state index contributed by atoms with van der Waals surface area (Å²) in [6.45, 7) is 11.6. The maximum atomic E-state index is 5.33. The molecule has 0 rings (SSSR count). The molecule has 0 aromatic rings. The van der Waals surface area contributed by atoms with E-state index in [1.54, 1.807) is 0 Å². The van der Waals surface area contributed by atoms with Gasteiger partial charge in [0.05, 0.1) is 6.61 Å². The zero-order valence-corrected chi connectivity index (χ0v) is 10.3. The number of ether oxygens (including phenoxy) is 1. The van der Waals surface area contributed by atoms with E-state index in [1.807, 2.05) is 6.92 Å². The molecule has 0 saturated carbocycles. The van der Waals surface area contributed by atoms with Crippen LogP contribution in [-0.2, 0) is 4.74 Å². The standard InChI is InChI=1S/C12H27NO/c1-5-14-10-12(4)13-9-7-6-8-11(2)3/h11-13H,5-10H2,1-4H3. The zero-order valence-electron chi connectivity index (χ0n) is 10.3. The largest absolute Gasteiger partial charge is 0.380 e. The van der Waals surface area contributed by atoms with E-state index in [0.717, 1.165) is 25.7 Å². The van der Waals surface area contributed by atoms with Gasteiger partial charge < -0.3 is 10.1 Å². The van der Waals surface area contributed by atoms with Crippen molar-refractivity contribution in [2.75, 3.05) is 19.8 Å². The summed E-state index contributed by atoms with van der Waals surface area (Å²) < 4.78 is 5.33. The summed E-state index contributed by atoms with van der Waals surface area (Å²) in [6.07, 6.45) is 3.97. The predicted octanol–water partition coefficient (Wildman–Crippen LogP) is 2.83. The summed E-state index contributed by atoms with van der Waals surface area (Å²) in [4.78, 5) is 0. The summed E-state index contributed by atoms with van der Waals surface area (Å²) in [5, 5.41) is 3.47. The van der Waals surface area contributed by atoms with Gasteiger partial charge >= 0.3 is 0 Å². The Bertz CT molecular complexity index is 115. The van der Waals surface area contributed by atoms with Crippen LogP contribution in [0.5, 0.6) is 0 Å². The van der Waals surface area contributed by atoms with E-state index in [9.17, 15) is 0 Å². The normalized spacial score (nSPS) is 13.5. The number of unbranched alkanes of at least 4 members (excludes halogenated alkanes) is 1. The molecule has 2 nitrogen and oxygen atoms in total.